The van der Waals surface area contributed by atoms with Crippen molar-refractivity contribution < 1.29 is 18.0 Å². The van der Waals surface area contributed by atoms with E-state index < -0.39 is 28.5 Å². The van der Waals surface area contributed by atoms with Crippen molar-refractivity contribution in [2.24, 2.45) is 0 Å². The predicted molar refractivity (Wildman–Crippen MR) is 145 cm³/mol. The van der Waals surface area contributed by atoms with Crippen LogP contribution in [0.15, 0.2) is 42.5 Å². The largest absolute Gasteiger partial charge is 0.352 e. The average Bonchev–Trinajstić information content (AvgIpc) is 2.83. The van der Waals surface area contributed by atoms with Gasteiger partial charge in [-0.3, -0.25) is 13.9 Å². The van der Waals surface area contributed by atoms with Gasteiger partial charge in [-0.15, -0.1) is 0 Å². The normalized spacial score (nSPS) is 15.2. The molecule has 1 unspecified atom stereocenters. The number of carbonyl (C=O) groups excluding carboxylic acids is 2. The van der Waals surface area contributed by atoms with E-state index in [-0.39, 0.29) is 24.2 Å². The highest BCUT2D eigenvalue weighted by Gasteiger charge is 2.31. The summed E-state index contributed by atoms with van der Waals surface area (Å²) in [6.45, 7) is 3.04. The third kappa shape index (κ3) is 7.37. The first-order valence-electron chi connectivity index (χ1n) is 12.0. The van der Waals surface area contributed by atoms with Crippen molar-refractivity contribution in [1.82, 2.24) is 10.2 Å². The van der Waals surface area contributed by atoms with Crippen molar-refractivity contribution >= 4 is 50.7 Å². The fourth-order valence-electron chi connectivity index (χ4n) is 4.31. The highest BCUT2D eigenvalue weighted by Crippen LogP contribution is 2.26. The topological polar surface area (TPSA) is 86.8 Å². The van der Waals surface area contributed by atoms with Gasteiger partial charge in [-0.05, 0) is 56.0 Å². The van der Waals surface area contributed by atoms with Crippen LogP contribution in [0.1, 0.15) is 50.2 Å². The van der Waals surface area contributed by atoms with Gasteiger partial charge >= 0.3 is 0 Å². The molecule has 0 aromatic heterocycles. The number of benzene rings is 2. The van der Waals surface area contributed by atoms with Gasteiger partial charge in [-0.1, -0.05) is 66.7 Å². The van der Waals surface area contributed by atoms with Gasteiger partial charge in [0.05, 0.1) is 11.9 Å². The van der Waals surface area contributed by atoms with Gasteiger partial charge in [0, 0.05) is 22.6 Å². The molecule has 0 saturated heterocycles. The Labute approximate surface area is 223 Å². The summed E-state index contributed by atoms with van der Waals surface area (Å²) in [6.07, 6.45) is 6.13. The van der Waals surface area contributed by atoms with E-state index in [0.29, 0.717) is 15.6 Å². The lowest BCUT2D eigenvalue weighted by Crippen LogP contribution is -2.53. The molecule has 1 aliphatic rings. The van der Waals surface area contributed by atoms with Crippen LogP contribution < -0.4 is 9.62 Å². The number of rotatable bonds is 9. The maximum atomic E-state index is 13.6. The lowest BCUT2D eigenvalue weighted by Gasteiger charge is -2.33. The van der Waals surface area contributed by atoms with E-state index in [2.05, 4.69) is 5.32 Å². The molecule has 1 atom stereocenters. The summed E-state index contributed by atoms with van der Waals surface area (Å²) >= 11 is 12.6. The molecule has 1 aliphatic carbocycles. The Hall–Kier alpha value is -2.29. The SMILES string of the molecule is Cc1ccc(N(CC(=O)N(Cc2ccccc2Cl)C(C)C(=O)NC2CCCCC2)S(C)(=O)=O)cc1Cl. The van der Waals surface area contributed by atoms with E-state index in [0.717, 1.165) is 48.2 Å². The highest BCUT2D eigenvalue weighted by molar-refractivity contribution is 7.92. The minimum absolute atomic E-state index is 0.0595. The first kappa shape index (κ1) is 28.3. The van der Waals surface area contributed by atoms with Gasteiger partial charge in [0.1, 0.15) is 12.6 Å². The van der Waals surface area contributed by atoms with Gasteiger partial charge in [0.15, 0.2) is 0 Å². The molecular formula is C26H33Cl2N3O4S. The quantitative estimate of drug-likeness (QED) is 0.476. The van der Waals surface area contributed by atoms with Crippen LogP contribution in [0.5, 0.6) is 0 Å². The highest BCUT2D eigenvalue weighted by atomic mass is 35.5. The lowest BCUT2D eigenvalue weighted by molar-refractivity contribution is -0.139. The molecule has 3 rings (SSSR count). The maximum Gasteiger partial charge on any atom is 0.244 e. The molecule has 0 heterocycles. The van der Waals surface area contributed by atoms with Crippen LogP contribution in [0.3, 0.4) is 0 Å². The minimum atomic E-state index is -3.83. The van der Waals surface area contributed by atoms with E-state index in [1.54, 1.807) is 50.2 Å². The number of aryl methyl sites for hydroxylation is 1. The molecule has 0 aliphatic heterocycles. The monoisotopic (exact) mass is 553 g/mol. The van der Waals surface area contributed by atoms with Crippen LogP contribution in [0, 0.1) is 6.92 Å². The van der Waals surface area contributed by atoms with Crippen molar-refractivity contribution in [3.63, 3.8) is 0 Å². The Morgan fingerprint density at radius 1 is 1.06 bits per heavy atom. The number of halogens is 2. The van der Waals surface area contributed by atoms with Crippen LogP contribution in [-0.2, 0) is 26.2 Å². The number of nitrogens with one attached hydrogen (secondary N) is 1. The van der Waals surface area contributed by atoms with E-state index >= 15 is 0 Å². The fourth-order valence-corrected chi connectivity index (χ4v) is 5.52. The summed E-state index contributed by atoms with van der Waals surface area (Å²) in [5.41, 5.74) is 1.72. The zero-order valence-electron chi connectivity index (χ0n) is 20.8. The van der Waals surface area contributed by atoms with Crippen LogP contribution in [0.4, 0.5) is 5.69 Å². The van der Waals surface area contributed by atoms with E-state index in [4.69, 9.17) is 23.2 Å². The number of hydrogen-bond donors (Lipinski definition) is 1. The molecule has 36 heavy (non-hydrogen) atoms. The van der Waals surface area contributed by atoms with E-state index in [9.17, 15) is 18.0 Å². The van der Waals surface area contributed by atoms with Crippen molar-refractivity contribution in [1.29, 1.82) is 0 Å². The standard InChI is InChI=1S/C26H33Cl2N3O4S/c1-18-13-14-22(15-24(18)28)31(36(3,34)35)17-25(32)30(16-20-9-7-8-12-23(20)27)19(2)26(33)29-21-10-5-4-6-11-21/h7-9,12-15,19,21H,4-6,10-11,16-17H2,1-3H3,(H,29,33). The second-order valence-electron chi connectivity index (χ2n) is 9.34. The van der Waals surface area contributed by atoms with Crippen LogP contribution in [-0.4, -0.2) is 50.0 Å². The number of anilines is 1. The Bertz CT molecular complexity index is 1200. The first-order chi connectivity index (χ1) is 17.0. The zero-order valence-corrected chi connectivity index (χ0v) is 23.2. The molecular weight excluding hydrogens is 521 g/mol. The summed E-state index contributed by atoms with van der Waals surface area (Å²) in [6, 6.07) is 11.1. The van der Waals surface area contributed by atoms with E-state index in [1.807, 2.05) is 0 Å². The second-order valence-corrected chi connectivity index (χ2v) is 12.1. The van der Waals surface area contributed by atoms with Crippen molar-refractivity contribution in [3.05, 3.63) is 63.6 Å². The van der Waals surface area contributed by atoms with Gasteiger partial charge in [0.25, 0.3) is 0 Å². The molecule has 0 spiro atoms. The van der Waals surface area contributed by atoms with E-state index in [1.165, 1.54) is 11.0 Å². The summed E-state index contributed by atoms with van der Waals surface area (Å²) in [4.78, 5) is 28.2. The van der Waals surface area contributed by atoms with Crippen molar-refractivity contribution in [2.75, 3.05) is 17.1 Å². The smallest absolute Gasteiger partial charge is 0.244 e. The number of nitrogens with zero attached hydrogens (tertiary/aromatic N) is 2. The average molecular weight is 555 g/mol. The van der Waals surface area contributed by atoms with Crippen LogP contribution in [0.2, 0.25) is 10.0 Å². The number of sulfonamides is 1. The summed E-state index contributed by atoms with van der Waals surface area (Å²) in [5, 5.41) is 3.92. The predicted octanol–water partition coefficient (Wildman–Crippen LogP) is 4.93. The third-order valence-electron chi connectivity index (χ3n) is 6.54. The molecule has 2 aromatic rings. The summed E-state index contributed by atoms with van der Waals surface area (Å²) in [7, 11) is -3.83. The maximum absolute atomic E-state index is 13.6. The summed E-state index contributed by atoms with van der Waals surface area (Å²) in [5.74, 6) is -0.796. The zero-order chi connectivity index (χ0) is 26.5. The first-order valence-corrected chi connectivity index (χ1v) is 14.6. The summed E-state index contributed by atoms with van der Waals surface area (Å²) < 4.78 is 26.4. The molecule has 0 bridgehead atoms. The Morgan fingerprint density at radius 2 is 1.72 bits per heavy atom. The van der Waals surface area contributed by atoms with Gasteiger partial charge in [0.2, 0.25) is 21.8 Å². The molecule has 1 fully saturated rings. The number of carbonyl (C=O) groups is 2. The Kier molecular flexibility index (Phi) is 9.66. The number of amides is 2. The molecule has 7 nitrogen and oxygen atoms in total. The van der Waals surface area contributed by atoms with Gasteiger partial charge in [-0.2, -0.15) is 0 Å². The molecule has 1 N–H and O–H groups in total. The molecule has 196 valence electrons. The molecule has 2 amide bonds. The Morgan fingerprint density at radius 3 is 2.33 bits per heavy atom. The fraction of sp³-hybridized carbons (Fsp3) is 0.462. The molecule has 2 aromatic carbocycles. The number of hydrogen-bond acceptors (Lipinski definition) is 4. The van der Waals surface area contributed by atoms with Gasteiger partial charge < -0.3 is 10.2 Å². The van der Waals surface area contributed by atoms with Crippen LogP contribution >= 0.6 is 23.2 Å². The second kappa shape index (κ2) is 12.3. The van der Waals surface area contributed by atoms with Crippen molar-refractivity contribution in [3.8, 4) is 0 Å². The molecule has 1 saturated carbocycles. The molecule has 0 radical (unpaired) electrons. The van der Waals surface area contributed by atoms with Crippen LogP contribution in [0.25, 0.3) is 0 Å². The molecule has 10 heteroatoms. The lowest BCUT2D eigenvalue weighted by atomic mass is 9.95. The van der Waals surface area contributed by atoms with Gasteiger partial charge in [-0.25, -0.2) is 8.42 Å². The minimum Gasteiger partial charge on any atom is -0.352 e. The Balaban J connectivity index is 1.89. The third-order valence-corrected chi connectivity index (χ3v) is 8.46. The van der Waals surface area contributed by atoms with Crippen molar-refractivity contribution in [2.45, 2.75) is 64.6 Å².